The van der Waals surface area contributed by atoms with E-state index in [1.54, 1.807) is 16.5 Å². The number of carbonyl (C=O) groups excluding carboxylic acids is 1. The monoisotopic (exact) mass is 496 g/mol. The Morgan fingerprint density at radius 3 is 2.74 bits per heavy atom. The number of anilines is 1. The van der Waals surface area contributed by atoms with Gasteiger partial charge >= 0.3 is 6.18 Å². The van der Waals surface area contributed by atoms with Gasteiger partial charge in [0, 0.05) is 57.1 Å². The molecule has 2 aromatic heterocycles. The smallest absolute Gasteiger partial charge is 0.355 e. The van der Waals surface area contributed by atoms with Gasteiger partial charge in [-0.3, -0.25) is 9.63 Å². The molecular formula is C22H31F3N8O2. The van der Waals surface area contributed by atoms with Crippen LogP contribution >= 0.6 is 0 Å². The first-order valence-corrected chi connectivity index (χ1v) is 12.0. The van der Waals surface area contributed by atoms with E-state index in [4.69, 9.17) is 15.6 Å². The number of halogens is 3. The van der Waals surface area contributed by atoms with E-state index in [9.17, 15) is 18.0 Å². The number of hydrogen-bond acceptors (Lipinski definition) is 8. The fraction of sp³-hybridized carbons (Fsp3) is 0.682. The van der Waals surface area contributed by atoms with Crippen LogP contribution in [0.5, 0.6) is 0 Å². The number of hydrogen-bond donors (Lipinski definition) is 2. The zero-order valence-electron chi connectivity index (χ0n) is 19.8. The third-order valence-corrected chi connectivity index (χ3v) is 7.09. The molecule has 13 heteroatoms. The van der Waals surface area contributed by atoms with Crippen LogP contribution in [-0.4, -0.2) is 82.0 Å². The largest absolute Gasteiger partial charge is 0.417 e. The van der Waals surface area contributed by atoms with Gasteiger partial charge in [-0.2, -0.15) is 18.3 Å². The molecule has 3 fully saturated rings. The van der Waals surface area contributed by atoms with Crippen molar-refractivity contribution in [3.63, 3.8) is 0 Å². The minimum absolute atomic E-state index is 0.112. The number of hydrazine groups is 1. The van der Waals surface area contributed by atoms with Gasteiger partial charge < -0.3 is 15.5 Å². The van der Waals surface area contributed by atoms with Gasteiger partial charge in [-0.15, -0.1) is 5.59 Å². The van der Waals surface area contributed by atoms with Crippen molar-refractivity contribution in [1.82, 2.24) is 30.1 Å². The Kier molecular flexibility index (Phi) is 6.36. The average Bonchev–Trinajstić information content (AvgIpc) is 3.42. The van der Waals surface area contributed by atoms with Gasteiger partial charge in [-0.05, 0) is 32.6 Å². The number of nitrogens with zero attached hydrogens (tertiary/aromatic N) is 6. The van der Waals surface area contributed by atoms with Crippen LogP contribution in [0.3, 0.4) is 0 Å². The molecule has 4 atom stereocenters. The number of nitrogens with two attached hydrogens (primary N) is 1. The van der Waals surface area contributed by atoms with Gasteiger partial charge in [-0.25, -0.2) is 14.5 Å². The van der Waals surface area contributed by atoms with E-state index in [1.807, 2.05) is 19.2 Å². The van der Waals surface area contributed by atoms with Gasteiger partial charge in [0.15, 0.2) is 11.8 Å². The van der Waals surface area contributed by atoms with Crippen LogP contribution in [-0.2, 0) is 9.63 Å². The number of alkyl halides is 3. The van der Waals surface area contributed by atoms with E-state index in [0.29, 0.717) is 24.3 Å². The topological polar surface area (TPSA) is 104 Å². The highest BCUT2D eigenvalue weighted by molar-refractivity contribution is 5.80. The summed E-state index contributed by atoms with van der Waals surface area (Å²) in [6.45, 7) is 3.81. The van der Waals surface area contributed by atoms with Crippen molar-refractivity contribution in [3.8, 4) is 0 Å². The summed E-state index contributed by atoms with van der Waals surface area (Å²) < 4.78 is 42.6. The van der Waals surface area contributed by atoms with Crippen molar-refractivity contribution < 1.29 is 22.8 Å². The summed E-state index contributed by atoms with van der Waals surface area (Å²) in [5.41, 5.74) is 10.5. The molecule has 10 nitrogen and oxygen atoms in total. The van der Waals surface area contributed by atoms with Crippen molar-refractivity contribution in [3.05, 3.63) is 23.5 Å². The van der Waals surface area contributed by atoms with Crippen LogP contribution in [0, 0.1) is 12.8 Å². The Bertz CT molecular complexity index is 1090. The predicted octanol–water partition coefficient (Wildman–Crippen LogP) is 1.56. The standard InChI is InChI=1S/C22H31F3N8O2/c1-13-10-33-18(27-20(13)31-8-6-14(26)11-31)9-16(28-33)17-5-3-4-7-32(17)21(34)15-12-30(2)29-35-19(15)22(23,24)25/h9-10,14-15,17,19,29H,3-8,11-12,26H2,1-2H3/t14-,15?,17-,19?/m0/s1. The van der Waals surface area contributed by atoms with E-state index in [2.05, 4.69) is 15.6 Å². The molecule has 0 saturated carbocycles. The normalized spacial score (nSPS) is 28.7. The summed E-state index contributed by atoms with van der Waals surface area (Å²) in [4.78, 5) is 26.8. The molecule has 5 rings (SSSR count). The quantitative estimate of drug-likeness (QED) is 0.660. The first-order valence-electron chi connectivity index (χ1n) is 12.0. The Balaban J connectivity index is 1.44. The molecule has 0 bridgehead atoms. The van der Waals surface area contributed by atoms with E-state index in [1.165, 1.54) is 5.01 Å². The highest BCUT2D eigenvalue weighted by Crippen LogP contribution is 2.36. The molecule has 3 saturated heterocycles. The number of carbonyl (C=O) groups is 1. The first-order chi connectivity index (χ1) is 16.6. The molecule has 1 amide bonds. The van der Waals surface area contributed by atoms with Gasteiger partial charge in [0.1, 0.15) is 5.82 Å². The SMILES string of the molecule is Cc1cn2nc([C@@H]3CCCCN3C(=O)C3CN(C)NOC3C(F)(F)F)cc2nc1N1CC[C@H](N)C1. The number of rotatable bonds is 3. The maximum Gasteiger partial charge on any atom is 0.417 e. The van der Waals surface area contributed by atoms with Crippen LogP contribution in [0.4, 0.5) is 19.0 Å². The lowest BCUT2D eigenvalue weighted by Crippen LogP contribution is -2.60. The second-order valence-electron chi connectivity index (χ2n) is 9.82. The lowest BCUT2D eigenvalue weighted by atomic mass is 9.93. The highest BCUT2D eigenvalue weighted by Gasteiger charge is 2.53. The van der Waals surface area contributed by atoms with E-state index < -0.39 is 30.1 Å². The lowest BCUT2D eigenvalue weighted by molar-refractivity contribution is -0.294. The fourth-order valence-corrected chi connectivity index (χ4v) is 5.36. The zero-order chi connectivity index (χ0) is 24.9. The summed E-state index contributed by atoms with van der Waals surface area (Å²) in [5.74, 6) is -1.08. The van der Waals surface area contributed by atoms with E-state index in [0.717, 1.165) is 43.7 Å². The summed E-state index contributed by atoms with van der Waals surface area (Å²) in [6.07, 6.45) is -1.87. The molecule has 0 aromatic carbocycles. The number of nitrogens with one attached hydrogen (secondary N) is 1. The molecule has 2 unspecified atom stereocenters. The predicted molar refractivity (Wildman–Crippen MR) is 121 cm³/mol. The molecule has 3 aliphatic rings. The van der Waals surface area contributed by atoms with E-state index >= 15 is 0 Å². The summed E-state index contributed by atoms with van der Waals surface area (Å²) >= 11 is 0. The Labute approximate surface area is 201 Å². The molecule has 35 heavy (non-hydrogen) atoms. The van der Waals surface area contributed by atoms with Crippen LogP contribution < -0.4 is 16.2 Å². The molecule has 0 spiro atoms. The first kappa shape index (κ1) is 24.2. The third-order valence-electron chi connectivity index (χ3n) is 7.09. The van der Waals surface area contributed by atoms with Crippen molar-refractivity contribution in [1.29, 1.82) is 0 Å². The van der Waals surface area contributed by atoms with Crippen molar-refractivity contribution in [2.45, 2.75) is 57.0 Å². The Morgan fingerprint density at radius 2 is 2.03 bits per heavy atom. The third kappa shape index (κ3) is 4.69. The Morgan fingerprint density at radius 1 is 1.23 bits per heavy atom. The van der Waals surface area contributed by atoms with Gasteiger partial charge in [0.25, 0.3) is 0 Å². The minimum atomic E-state index is -4.67. The van der Waals surface area contributed by atoms with Crippen LogP contribution in [0.25, 0.3) is 5.65 Å². The summed E-state index contributed by atoms with van der Waals surface area (Å²) in [5, 5.41) is 6.04. The minimum Gasteiger partial charge on any atom is -0.355 e. The molecule has 5 heterocycles. The number of fused-ring (bicyclic) bond motifs is 1. The number of likely N-dealkylation sites (tertiary alicyclic amines) is 1. The molecule has 0 aliphatic carbocycles. The summed E-state index contributed by atoms with van der Waals surface area (Å²) in [6, 6.07) is 1.53. The van der Waals surface area contributed by atoms with Crippen molar-refractivity contribution >= 4 is 17.4 Å². The average molecular weight is 497 g/mol. The van der Waals surface area contributed by atoms with E-state index in [-0.39, 0.29) is 12.6 Å². The lowest BCUT2D eigenvalue weighted by Gasteiger charge is -2.42. The van der Waals surface area contributed by atoms with Crippen molar-refractivity contribution in [2.24, 2.45) is 11.7 Å². The number of piperidine rings is 1. The molecule has 192 valence electrons. The van der Waals surface area contributed by atoms with Gasteiger partial charge in [-0.1, -0.05) is 0 Å². The number of aromatic nitrogens is 3. The second kappa shape index (κ2) is 9.19. The van der Waals surface area contributed by atoms with Crippen LogP contribution in [0.15, 0.2) is 12.3 Å². The molecule has 3 aliphatic heterocycles. The van der Waals surface area contributed by atoms with Crippen LogP contribution in [0.2, 0.25) is 0 Å². The second-order valence-corrected chi connectivity index (χ2v) is 9.82. The Hall–Kier alpha value is -2.48. The molecule has 0 radical (unpaired) electrons. The van der Waals surface area contributed by atoms with Crippen molar-refractivity contribution in [2.75, 3.05) is 38.1 Å². The number of aryl methyl sites for hydroxylation is 1. The zero-order valence-corrected chi connectivity index (χ0v) is 19.8. The molecule has 3 N–H and O–H groups in total. The number of amides is 1. The summed E-state index contributed by atoms with van der Waals surface area (Å²) in [7, 11) is 1.54. The maximum atomic E-state index is 13.6. The van der Waals surface area contributed by atoms with Gasteiger partial charge in [0.05, 0.1) is 17.7 Å². The highest BCUT2D eigenvalue weighted by atomic mass is 19.4. The molecule has 2 aromatic rings. The van der Waals surface area contributed by atoms with Crippen LogP contribution in [0.1, 0.15) is 43.0 Å². The fourth-order valence-electron chi connectivity index (χ4n) is 5.36. The molecular weight excluding hydrogens is 465 g/mol. The van der Waals surface area contributed by atoms with Gasteiger partial charge in [0.2, 0.25) is 5.91 Å². The maximum absolute atomic E-state index is 13.6.